The number of unbranched alkanes of at least 4 members (excludes halogenated alkanes) is 3. The third-order valence-corrected chi connectivity index (χ3v) is 9.44. The van der Waals surface area contributed by atoms with Crippen molar-refractivity contribution in [2.24, 2.45) is 35.5 Å². The maximum atomic E-state index is 9.55. The van der Waals surface area contributed by atoms with Crippen LogP contribution in [-0.4, -0.2) is 18.5 Å². The zero-order chi connectivity index (χ0) is 26.2. The first-order valence-electron chi connectivity index (χ1n) is 15.5. The second kappa shape index (κ2) is 18.2. The molecule has 36 heavy (non-hydrogen) atoms. The van der Waals surface area contributed by atoms with Crippen LogP contribution in [0, 0.1) is 35.5 Å². The molecule has 0 bridgehead atoms. The first kappa shape index (κ1) is 31.1. The molecule has 3 rings (SSSR count). The van der Waals surface area contributed by atoms with Crippen LogP contribution in [0.1, 0.15) is 129 Å². The summed E-state index contributed by atoms with van der Waals surface area (Å²) < 4.78 is 0. The predicted molar refractivity (Wildman–Crippen MR) is 156 cm³/mol. The third-order valence-electron chi connectivity index (χ3n) is 9.44. The first-order valence-corrected chi connectivity index (χ1v) is 15.5. The van der Waals surface area contributed by atoms with Crippen LogP contribution >= 0.6 is 0 Å². The van der Waals surface area contributed by atoms with E-state index in [1.807, 2.05) is 6.79 Å². The van der Waals surface area contributed by atoms with E-state index in [0.717, 1.165) is 36.0 Å². The zero-order valence-electron chi connectivity index (χ0n) is 23.9. The van der Waals surface area contributed by atoms with E-state index in [0.29, 0.717) is 12.5 Å². The second-order valence-corrected chi connectivity index (χ2v) is 12.5. The highest BCUT2D eigenvalue weighted by Crippen LogP contribution is 2.42. The number of allylic oxidation sites excluding steroid dienone is 5. The lowest BCUT2D eigenvalue weighted by Crippen LogP contribution is -2.25. The Morgan fingerprint density at radius 2 is 1.58 bits per heavy atom. The smallest absolute Gasteiger partial charge is 0.106 e. The molecule has 0 aliphatic heterocycles. The lowest BCUT2D eigenvalue weighted by molar-refractivity contribution is -0.0980. The fraction of sp³-hybridized carbons (Fsp3) is 0.794. The van der Waals surface area contributed by atoms with Crippen LogP contribution in [0.3, 0.4) is 0 Å². The number of fused-ring (bicyclic) bond motifs is 1. The standard InChI is InChI=1S/C33H56O.CH2O/c1-4-5-6-10-29-18-20-33-24-30(19-21-32(33)23-29)17-16-28-14-12-27(13-15-28)9-7-8-11-31(25-34)22-26(2)3;1-2/h18,20,23,27-28,30-34H,2,4-17,19,21-22,24-25H2,1,3H3;1H2. The van der Waals surface area contributed by atoms with E-state index in [9.17, 15) is 5.11 Å². The normalized spacial score (nSPS) is 28.4. The molecule has 3 aliphatic carbocycles. The molecule has 0 aromatic carbocycles. The molecule has 1 N–H and O–H groups in total. The number of carbonyl (C=O) groups excluding carboxylic acids is 1. The summed E-state index contributed by atoms with van der Waals surface area (Å²) in [6, 6.07) is 0. The SMILES string of the molecule is C=C(C)CC(CO)CCCCC1CCC(CCC2CCC3C=C(CCCCC)C=CC3C2)CC1.C=O. The van der Waals surface area contributed by atoms with E-state index in [-0.39, 0.29) is 0 Å². The van der Waals surface area contributed by atoms with E-state index in [4.69, 9.17) is 4.79 Å². The van der Waals surface area contributed by atoms with E-state index in [2.05, 4.69) is 38.7 Å². The second-order valence-electron chi connectivity index (χ2n) is 12.5. The Labute approximate surface area is 224 Å². The van der Waals surface area contributed by atoms with Gasteiger partial charge in [0.05, 0.1) is 0 Å². The van der Waals surface area contributed by atoms with Gasteiger partial charge in [-0.3, -0.25) is 0 Å². The Hall–Kier alpha value is -1.15. The van der Waals surface area contributed by atoms with Crippen LogP contribution in [0.4, 0.5) is 0 Å². The predicted octanol–water partition coefficient (Wildman–Crippen LogP) is 9.63. The molecule has 0 heterocycles. The first-order chi connectivity index (χ1) is 17.6. The number of hydrogen-bond donors (Lipinski definition) is 1. The molecule has 2 saturated carbocycles. The summed E-state index contributed by atoms with van der Waals surface area (Å²) in [4.78, 5) is 8.00. The van der Waals surface area contributed by atoms with Gasteiger partial charge < -0.3 is 9.90 Å². The van der Waals surface area contributed by atoms with E-state index >= 15 is 0 Å². The van der Waals surface area contributed by atoms with Crippen molar-refractivity contribution in [3.8, 4) is 0 Å². The highest BCUT2D eigenvalue weighted by molar-refractivity contribution is 5.26. The van der Waals surface area contributed by atoms with Crippen molar-refractivity contribution >= 4 is 6.79 Å². The van der Waals surface area contributed by atoms with Gasteiger partial charge in [0.1, 0.15) is 6.79 Å². The number of carbonyl (C=O) groups is 1. The van der Waals surface area contributed by atoms with Gasteiger partial charge in [-0.1, -0.05) is 107 Å². The molecule has 0 amide bonds. The number of aliphatic hydroxyl groups is 1. The summed E-state index contributed by atoms with van der Waals surface area (Å²) in [5.41, 5.74) is 2.84. The molecule has 0 aromatic heterocycles. The molecular weight excluding hydrogens is 440 g/mol. The van der Waals surface area contributed by atoms with Crippen molar-refractivity contribution < 1.29 is 9.90 Å². The molecule has 2 heteroatoms. The molecular formula is C34H58O2. The molecule has 3 aliphatic rings. The lowest BCUT2D eigenvalue weighted by Gasteiger charge is -2.36. The van der Waals surface area contributed by atoms with Gasteiger partial charge in [0.2, 0.25) is 0 Å². The van der Waals surface area contributed by atoms with Crippen molar-refractivity contribution in [1.82, 2.24) is 0 Å². The summed E-state index contributed by atoms with van der Waals surface area (Å²) >= 11 is 0. The van der Waals surface area contributed by atoms with Crippen LogP contribution in [0.2, 0.25) is 0 Å². The number of rotatable bonds is 15. The molecule has 0 radical (unpaired) electrons. The molecule has 4 unspecified atom stereocenters. The largest absolute Gasteiger partial charge is 0.396 e. The van der Waals surface area contributed by atoms with Crippen LogP contribution < -0.4 is 0 Å². The lowest BCUT2D eigenvalue weighted by atomic mass is 9.69. The molecule has 0 saturated heterocycles. The van der Waals surface area contributed by atoms with Gasteiger partial charge in [-0.2, -0.15) is 0 Å². The summed E-state index contributed by atoms with van der Waals surface area (Å²) in [5.74, 6) is 5.10. The molecule has 206 valence electrons. The fourth-order valence-electron chi connectivity index (χ4n) is 7.23. The number of hydrogen-bond acceptors (Lipinski definition) is 2. The Balaban J connectivity index is 0.00000222. The van der Waals surface area contributed by atoms with Gasteiger partial charge in [-0.15, -0.1) is 6.58 Å². The van der Waals surface area contributed by atoms with Crippen molar-refractivity contribution in [3.05, 3.63) is 36.0 Å². The minimum Gasteiger partial charge on any atom is -0.396 e. The van der Waals surface area contributed by atoms with Gasteiger partial charge in [-0.25, -0.2) is 0 Å². The van der Waals surface area contributed by atoms with Gasteiger partial charge in [-0.05, 0) is 87.4 Å². The van der Waals surface area contributed by atoms with E-state index in [1.54, 1.807) is 5.57 Å². The highest BCUT2D eigenvalue weighted by atomic mass is 16.3. The Morgan fingerprint density at radius 3 is 2.25 bits per heavy atom. The number of aliphatic hydroxyl groups excluding tert-OH is 1. The summed E-state index contributed by atoms with van der Waals surface area (Å²) in [6.07, 6.45) is 32.6. The summed E-state index contributed by atoms with van der Waals surface area (Å²) in [6.45, 7) is 10.7. The van der Waals surface area contributed by atoms with Gasteiger partial charge in [0.15, 0.2) is 0 Å². The molecule has 2 nitrogen and oxygen atoms in total. The van der Waals surface area contributed by atoms with Crippen molar-refractivity contribution in [1.29, 1.82) is 0 Å². The van der Waals surface area contributed by atoms with Crippen LogP contribution in [0.15, 0.2) is 36.0 Å². The Bertz CT molecular complexity index is 654. The van der Waals surface area contributed by atoms with Gasteiger partial charge in [0.25, 0.3) is 0 Å². The average molecular weight is 499 g/mol. The Kier molecular flexibility index (Phi) is 15.7. The maximum absolute atomic E-state index is 9.55. The quantitative estimate of drug-likeness (QED) is 0.180. The maximum Gasteiger partial charge on any atom is 0.106 e. The monoisotopic (exact) mass is 498 g/mol. The minimum absolute atomic E-state index is 0.327. The molecule has 0 spiro atoms. The van der Waals surface area contributed by atoms with Crippen molar-refractivity contribution in [2.45, 2.75) is 129 Å². The third kappa shape index (κ3) is 11.5. The van der Waals surface area contributed by atoms with Crippen LogP contribution in [-0.2, 0) is 4.79 Å². The van der Waals surface area contributed by atoms with Gasteiger partial charge in [0, 0.05) is 6.61 Å². The topological polar surface area (TPSA) is 37.3 Å². The Morgan fingerprint density at radius 1 is 0.917 bits per heavy atom. The van der Waals surface area contributed by atoms with Crippen LogP contribution in [0.5, 0.6) is 0 Å². The van der Waals surface area contributed by atoms with Gasteiger partial charge >= 0.3 is 0 Å². The van der Waals surface area contributed by atoms with E-state index < -0.39 is 0 Å². The highest BCUT2D eigenvalue weighted by Gasteiger charge is 2.30. The minimum atomic E-state index is 0.327. The zero-order valence-corrected chi connectivity index (χ0v) is 23.9. The summed E-state index contributed by atoms with van der Waals surface area (Å²) in [5, 5.41) is 9.55. The molecule has 0 aromatic rings. The summed E-state index contributed by atoms with van der Waals surface area (Å²) in [7, 11) is 0. The van der Waals surface area contributed by atoms with Crippen molar-refractivity contribution in [2.75, 3.05) is 6.61 Å². The van der Waals surface area contributed by atoms with Crippen molar-refractivity contribution in [3.63, 3.8) is 0 Å². The van der Waals surface area contributed by atoms with Crippen LogP contribution in [0.25, 0.3) is 0 Å². The average Bonchev–Trinajstić information content (AvgIpc) is 2.91. The fourth-order valence-corrected chi connectivity index (χ4v) is 7.23. The molecule has 2 fully saturated rings. The van der Waals surface area contributed by atoms with E-state index in [1.165, 1.54) is 115 Å². The molecule has 4 atom stereocenters.